The van der Waals surface area contributed by atoms with Gasteiger partial charge in [0.2, 0.25) is 5.91 Å². The lowest BCUT2D eigenvalue weighted by Crippen LogP contribution is -2.43. The lowest BCUT2D eigenvalue weighted by atomic mass is 10.2. The maximum atomic E-state index is 13.4. The third-order valence-electron chi connectivity index (χ3n) is 4.29. The number of nitrogens with two attached hydrogens (primary N) is 1. The summed E-state index contributed by atoms with van der Waals surface area (Å²) in [5.74, 6) is -0.745. The lowest BCUT2D eigenvalue weighted by Gasteiger charge is -2.27. The van der Waals surface area contributed by atoms with Gasteiger partial charge in [-0.25, -0.2) is 9.18 Å². The molecule has 0 radical (unpaired) electrons. The van der Waals surface area contributed by atoms with Gasteiger partial charge in [0.1, 0.15) is 17.3 Å². The van der Waals surface area contributed by atoms with Crippen molar-refractivity contribution in [3.05, 3.63) is 50.9 Å². The van der Waals surface area contributed by atoms with E-state index in [0.29, 0.717) is 18.8 Å². The number of nitrogen functional groups attached to an aromatic ring is 1. The smallest absolute Gasteiger partial charge is 0.330 e. The zero-order valence-electron chi connectivity index (χ0n) is 17.0. The minimum atomic E-state index is -0.639. The van der Waals surface area contributed by atoms with Gasteiger partial charge < -0.3 is 16.0 Å². The number of halogens is 1. The van der Waals surface area contributed by atoms with Crippen molar-refractivity contribution < 1.29 is 9.18 Å². The summed E-state index contributed by atoms with van der Waals surface area (Å²) in [6.07, 6.45) is 1.58. The van der Waals surface area contributed by atoms with Crippen LogP contribution in [0.5, 0.6) is 0 Å². The van der Waals surface area contributed by atoms with E-state index in [1.807, 2.05) is 20.8 Å². The molecule has 0 saturated heterocycles. The second-order valence-corrected chi connectivity index (χ2v) is 7.33. The standard InChI is InChI=1S/C20H28FN5O3/c1-4-5-9-26-18(22)17(19(28)24-20(26)29)25(11-13(2)3)12-16(27)23-15-8-6-7-14(21)10-15/h6-8,10,13H,4-5,9,11-12,22H2,1-3H3,(H,23,27)(H,24,28,29). The number of unbranched alkanes of at least 4 members (excludes halogenated alkanes) is 1. The summed E-state index contributed by atoms with van der Waals surface area (Å²) in [6, 6.07) is 5.54. The topological polar surface area (TPSA) is 113 Å². The second-order valence-electron chi connectivity index (χ2n) is 7.33. The third kappa shape index (κ3) is 5.94. The summed E-state index contributed by atoms with van der Waals surface area (Å²) in [5, 5.41) is 2.61. The van der Waals surface area contributed by atoms with Crippen molar-refractivity contribution in [2.75, 3.05) is 29.0 Å². The third-order valence-corrected chi connectivity index (χ3v) is 4.29. The molecule has 0 saturated carbocycles. The second kappa shape index (κ2) is 9.90. The molecule has 0 aliphatic rings. The van der Waals surface area contributed by atoms with E-state index < -0.39 is 23.0 Å². The van der Waals surface area contributed by atoms with Gasteiger partial charge in [-0.3, -0.25) is 19.1 Å². The largest absolute Gasteiger partial charge is 0.383 e. The molecule has 1 aromatic heterocycles. The highest BCUT2D eigenvalue weighted by molar-refractivity contribution is 5.94. The van der Waals surface area contributed by atoms with E-state index in [4.69, 9.17) is 5.73 Å². The van der Waals surface area contributed by atoms with Crippen LogP contribution in [0.1, 0.15) is 33.6 Å². The number of hydrogen-bond acceptors (Lipinski definition) is 5. The van der Waals surface area contributed by atoms with Crippen LogP contribution in [0.25, 0.3) is 0 Å². The van der Waals surface area contributed by atoms with E-state index in [2.05, 4.69) is 10.3 Å². The predicted octanol–water partition coefficient (Wildman–Crippen LogP) is 2.16. The van der Waals surface area contributed by atoms with E-state index in [1.165, 1.54) is 22.8 Å². The van der Waals surface area contributed by atoms with E-state index in [-0.39, 0.29) is 24.0 Å². The number of nitrogens with one attached hydrogen (secondary N) is 2. The highest BCUT2D eigenvalue weighted by Crippen LogP contribution is 2.19. The van der Waals surface area contributed by atoms with Crippen LogP contribution in [0.3, 0.4) is 0 Å². The molecule has 0 spiro atoms. The van der Waals surface area contributed by atoms with Crippen LogP contribution in [0.15, 0.2) is 33.9 Å². The van der Waals surface area contributed by atoms with Crippen LogP contribution in [-0.4, -0.2) is 28.5 Å². The first-order valence-corrected chi connectivity index (χ1v) is 9.65. The van der Waals surface area contributed by atoms with Crippen molar-refractivity contribution >= 4 is 23.1 Å². The fourth-order valence-electron chi connectivity index (χ4n) is 3.04. The molecule has 2 aromatic rings. The summed E-state index contributed by atoms with van der Waals surface area (Å²) in [5.41, 5.74) is 5.36. The zero-order valence-corrected chi connectivity index (χ0v) is 17.0. The Kier molecular flexibility index (Phi) is 7.58. The molecule has 0 unspecified atom stereocenters. The molecule has 0 aliphatic heterocycles. The first kappa shape index (κ1) is 22.2. The minimum Gasteiger partial charge on any atom is -0.383 e. The quantitative estimate of drug-likeness (QED) is 0.592. The molecule has 0 atom stereocenters. The maximum Gasteiger partial charge on any atom is 0.330 e. The summed E-state index contributed by atoms with van der Waals surface area (Å²) < 4.78 is 14.7. The molecule has 1 aromatic carbocycles. The van der Waals surface area contributed by atoms with Gasteiger partial charge in [-0.1, -0.05) is 33.3 Å². The van der Waals surface area contributed by atoms with Crippen LogP contribution >= 0.6 is 0 Å². The van der Waals surface area contributed by atoms with Crippen molar-refractivity contribution in [1.29, 1.82) is 0 Å². The van der Waals surface area contributed by atoms with E-state index >= 15 is 0 Å². The molecule has 29 heavy (non-hydrogen) atoms. The first-order valence-electron chi connectivity index (χ1n) is 9.65. The normalized spacial score (nSPS) is 10.9. The average molecular weight is 405 g/mol. The molecule has 0 bridgehead atoms. The van der Waals surface area contributed by atoms with Crippen molar-refractivity contribution in [3.8, 4) is 0 Å². The van der Waals surface area contributed by atoms with E-state index in [9.17, 15) is 18.8 Å². The summed E-state index contributed by atoms with van der Waals surface area (Å²) >= 11 is 0. The number of aromatic nitrogens is 2. The van der Waals surface area contributed by atoms with Crippen LogP contribution in [0, 0.1) is 11.7 Å². The minimum absolute atomic E-state index is 0.0337. The number of rotatable bonds is 9. The van der Waals surface area contributed by atoms with Crippen LogP contribution in [0.4, 0.5) is 21.6 Å². The van der Waals surface area contributed by atoms with Crippen molar-refractivity contribution in [2.45, 2.75) is 40.2 Å². The molecule has 0 fully saturated rings. The highest BCUT2D eigenvalue weighted by atomic mass is 19.1. The molecule has 4 N–H and O–H groups in total. The number of amides is 1. The Morgan fingerprint density at radius 3 is 2.69 bits per heavy atom. The van der Waals surface area contributed by atoms with Gasteiger partial charge in [0.15, 0.2) is 0 Å². The number of aromatic amines is 1. The van der Waals surface area contributed by atoms with Crippen LogP contribution in [0.2, 0.25) is 0 Å². The number of nitrogens with zero attached hydrogens (tertiary/aromatic N) is 2. The molecule has 1 heterocycles. The maximum absolute atomic E-state index is 13.4. The molecule has 2 rings (SSSR count). The summed E-state index contributed by atoms with van der Waals surface area (Å²) in [7, 11) is 0. The van der Waals surface area contributed by atoms with Gasteiger partial charge in [-0.05, 0) is 30.5 Å². The van der Waals surface area contributed by atoms with Crippen molar-refractivity contribution in [1.82, 2.24) is 9.55 Å². The Bertz CT molecular complexity index is 967. The fraction of sp³-hybridized carbons (Fsp3) is 0.450. The van der Waals surface area contributed by atoms with Crippen molar-refractivity contribution in [3.63, 3.8) is 0 Å². The number of hydrogen-bond donors (Lipinski definition) is 3. The van der Waals surface area contributed by atoms with Crippen LogP contribution in [-0.2, 0) is 11.3 Å². The first-order chi connectivity index (χ1) is 13.7. The Morgan fingerprint density at radius 1 is 1.34 bits per heavy atom. The van der Waals surface area contributed by atoms with Gasteiger partial charge in [-0.15, -0.1) is 0 Å². The number of carbonyl (C=O) groups excluding carboxylic acids is 1. The Hall–Kier alpha value is -3.10. The van der Waals surface area contributed by atoms with Crippen LogP contribution < -0.4 is 27.2 Å². The number of H-pyrrole nitrogens is 1. The predicted molar refractivity (Wildman–Crippen MR) is 113 cm³/mol. The molecule has 0 aliphatic carbocycles. The van der Waals surface area contributed by atoms with Gasteiger partial charge in [-0.2, -0.15) is 0 Å². The molecule has 158 valence electrons. The lowest BCUT2D eigenvalue weighted by molar-refractivity contribution is -0.115. The Labute approximate surface area is 168 Å². The summed E-state index contributed by atoms with van der Waals surface area (Å²) in [4.78, 5) is 41.1. The molecular formula is C20H28FN5O3. The number of benzene rings is 1. The Balaban J connectivity index is 2.35. The van der Waals surface area contributed by atoms with Gasteiger partial charge in [0.25, 0.3) is 5.56 Å². The van der Waals surface area contributed by atoms with Gasteiger partial charge >= 0.3 is 5.69 Å². The number of carbonyl (C=O) groups is 1. The van der Waals surface area contributed by atoms with Gasteiger partial charge in [0, 0.05) is 18.8 Å². The number of anilines is 3. The molecular weight excluding hydrogens is 377 g/mol. The van der Waals surface area contributed by atoms with Crippen molar-refractivity contribution in [2.24, 2.45) is 5.92 Å². The molecule has 8 nitrogen and oxygen atoms in total. The van der Waals surface area contributed by atoms with E-state index in [0.717, 1.165) is 12.8 Å². The van der Waals surface area contributed by atoms with E-state index in [1.54, 1.807) is 11.0 Å². The SMILES string of the molecule is CCCCn1c(N)c(N(CC(=O)Nc2cccc(F)c2)CC(C)C)c(=O)[nH]c1=O. The fourth-order valence-corrected chi connectivity index (χ4v) is 3.04. The molecule has 1 amide bonds. The van der Waals surface area contributed by atoms with Gasteiger partial charge in [0.05, 0.1) is 6.54 Å². The Morgan fingerprint density at radius 2 is 2.07 bits per heavy atom. The average Bonchev–Trinajstić information content (AvgIpc) is 2.60. The summed E-state index contributed by atoms with van der Waals surface area (Å²) in [6.45, 7) is 6.43. The zero-order chi connectivity index (χ0) is 21.6. The highest BCUT2D eigenvalue weighted by Gasteiger charge is 2.22. The molecule has 9 heteroatoms. The monoisotopic (exact) mass is 405 g/mol.